The topological polar surface area (TPSA) is 123 Å². The summed E-state index contributed by atoms with van der Waals surface area (Å²) >= 11 is 7.46. The lowest BCUT2D eigenvalue weighted by Gasteiger charge is -2.34. The van der Waals surface area contributed by atoms with Crippen LogP contribution in [0.5, 0.6) is 5.75 Å². The standard InChI is InChI=1S/C27H33ClN8O3S/c1-16-10-17(13-34(4)27(16)38)19-11-20(23-25(29)30-15-31-36(19)23)35-7-5-6-18(14-35)32-26(37)24-21(12-22(28)40-24)39-9-8-33(2)3/h10-13,15,18H,5-9,14H2,1-4H3,(H,32,37)(H2,29,30,31)/t18-/m1/s1. The first-order valence-corrected chi connectivity index (χ1v) is 14.2. The number of amides is 1. The molecular weight excluding hydrogens is 552 g/mol. The van der Waals surface area contributed by atoms with E-state index >= 15 is 0 Å². The predicted molar refractivity (Wildman–Crippen MR) is 159 cm³/mol. The number of thiophene rings is 1. The zero-order valence-electron chi connectivity index (χ0n) is 23.0. The van der Waals surface area contributed by atoms with Crippen LogP contribution in [0.1, 0.15) is 28.1 Å². The Morgan fingerprint density at radius 2 is 2.12 bits per heavy atom. The molecule has 0 saturated carbocycles. The number of nitrogens with zero attached hydrogens (tertiary/aromatic N) is 6. The predicted octanol–water partition coefficient (Wildman–Crippen LogP) is 3.04. The fraction of sp³-hybridized carbons (Fsp3) is 0.407. The summed E-state index contributed by atoms with van der Waals surface area (Å²) in [7, 11) is 5.66. The normalized spacial score (nSPS) is 15.7. The molecule has 0 spiro atoms. The number of anilines is 2. The van der Waals surface area contributed by atoms with Gasteiger partial charge in [0.25, 0.3) is 11.5 Å². The number of carbonyl (C=O) groups is 1. The number of hydrogen-bond donors (Lipinski definition) is 2. The van der Waals surface area contributed by atoms with Gasteiger partial charge in [0, 0.05) is 56.1 Å². The van der Waals surface area contributed by atoms with E-state index in [2.05, 4.69) is 20.3 Å². The van der Waals surface area contributed by atoms with Gasteiger partial charge in [-0.2, -0.15) is 5.10 Å². The number of pyridine rings is 1. The Balaban J connectivity index is 1.40. The quantitative estimate of drug-likeness (QED) is 0.324. The third kappa shape index (κ3) is 5.65. The van der Waals surface area contributed by atoms with E-state index in [1.165, 1.54) is 17.7 Å². The van der Waals surface area contributed by atoms with E-state index in [0.29, 0.717) is 45.0 Å². The summed E-state index contributed by atoms with van der Waals surface area (Å²) in [5.41, 5.74) is 10.2. The number of nitrogens with one attached hydrogen (secondary N) is 1. The number of hydrogen-bond acceptors (Lipinski definition) is 9. The number of halogens is 1. The van der Waals surface area contributed by atoms with Crippen molar-refractivity contribution in [2.75, 3.05) is 51.0 Å². The maximum atomic E-state index is 13.3. The van der Waals surface area contributed by atoms with Crippen LogP contribution in [0.2, 0.25) is 4.34 Å². The van der Waals surface area contributed by atoms with Crippen molar-refractivity contribution in [1.82, 2.24) is 29.4 Å². The highest BCUT2D eigenvalue weighted by atomic mass is 35.5. The SMILES string of the molecule is Cc1cc(-c2cc(N3CCC[C@@H](NC(=O)c4sc(Cl)cc4OCCN(C)C)C3)c3c(N)ncnn23)cn(C)c1=O. The minimum Gasteiger partial charge on any atom is -0.490 e. The number of nitrogens with two attached hydrogens (primary N) is 1. The highest BCUT2D eigenvalue weighted by Crippen LogP contribution is 2.36. The Morgan fingerprint density at radius 3 is 2.88 bits per heavy atom. The molecule has 5 rings (SSSR count). The molecule has 4 aromatic heterocycles. The van der Waals surface area contributed by atoms with Gasteiger partial charge in [-0.3, -0.25) is 9.59 Å². The molecule has 212 valence electrons. The van der Waals surface area contributed by atoms with Gasteiger partial charge in [0.2, 0.25) is 0 Å². The maximum absolute atomic E-state index is 13.3. The van der Waals surface area contributed by atoms with Crippen molar-refractivity contribution in [3.8, 4) is 17.0 Å². The van der Waals surface area contributed by atoms with Gasteiger partial charge in [0.1, 0.15) is 29.1 Å². The first kappa shape index (κ1) is 27.9. The monoisotopic (exact) mass is 584 g/mol. The summed E-state index contributed by atoms with van der Waals surface area (Å²) in [4.78, 5) is 34.5. The number of likely N-dealkylation sites (N-methyl/N-ethyl adjacent to an activating group) is 1. The summed E-state index contributed by atoms with van der Waals surface area (Å²) in [6, 6.07) is 5.48. The van der Waals surface area contributed by atoms with Gasteiger partial charge in [-0.15, -0.1) is 11.3 Å². The van der Waals surface area contributed by atoms with Gasteiger partial charge >= 0.3 is 0 Å². The van der Waals surface area contributed by atoms with Crippen molar-refractivity contribution in [2.24, 2.45) is 7.05 Å². The minimum absolute atomic E-state index is 0.0492. The number of ether oxygens (including phenoxy) is 1. The Labute approximate surface area is 241 Å². The number of nitrogen functional groups attached to an aromatic ring is 1. The molecule has 1 amide bonds. The molecule has 5 heterocycles. The lowest BCUT2D eigenvalue weighted by Crippen LogP contribution is -2.47. The van der Waals surface area contributed by atoms with Crippen LogP contribution in [-0.2, 0) is 7.05 Å². The molecule has 4 aromatic rings. The molecular formula is C27H33ClN8O3S. The van der Waals surface area contributed by atoms with Crippen LogP contribution < -0.4 is 26.2 Å². The van der Waals surface area contributed by atoms with E-state index in [0.717, 1.165) is 42.9 Å². The maximum Gasteiger partial charge on any atom is 0.265 e. The number of rotatable bonds is 8. The van der Waals surface area contributed by atoms with E-state index in [1.54, 1.807) is 35.3 Å². The largest absolute Gasteiger partial charge is 0.490 e. The van der Waals surface area contributed by atoms with Crippen LogP contribution in [0.15, 0.2) is 35.5 Å². The second-order valence-corrected chi connectivity index (χ2v) is 12.0. The van der Waals surface area contributed by atoms with Crippen LogP contribution in [0, 0.1) is 6.92 Å². The van der Waals surface area contributed by atoms with E-state index in [9.17, 15) is 9.59 Å². The van der Waals surface area contributed by atoms with Crippen LogP contribution in [0.4, 0.5) is 11.5 Å². The van der Waals surface area contributed by atoms with Crippen molar-refractivity contribution in [1.29, 1.82) is 0 Å². The molecule has 1 atom stereocenters. The van der Waals surface area contributed by atoms with Crippen molar-refractivity contribution in [2.45, 2.75) is 25.8 Å². The Hall–Kier alpha value is -3.61. The molecule has 0 radical (unpaired) electrons. The number of fused-ring (bicyclic) bond motifs is 1. The first-order valence-electron chi connectivity index (χ1n) is 13.0. The fourth-order valence-electron chi connectivity index (χ4n) is 5.03. The van der Waals surface area contributed by atoms with Gasteiger partial charge in [-0.25, -0.2) is 9.50 Å². The molecule has 1 aliphatic heterocycles. The van der Waals surface area contributed by atoms with Crippen molar-refractivity contribution < 1.29 is 9.53 Å². The molecule has 1 aliphatic rings. The second kappa shape index (κ2) is 11.5. The van der Waals surface area contributed by atoms with Gasteiger partial charge < -0.3 is 30.2 Å². The highest BCUT2D eigenvalue weighted by Gasteiger charge is 2.28. The molecule has 0 aromatic carbocycles. The van der Waals surface area contributed by atoms with Crippen LogP contribution >= 0.6 is 22.9 Å². The van der Waals surface area contributed by atoms with E-state index in [4.69, 9.17) is 22.1 Å². The zero-order chi connectivity index (χ0) is 28.6. The van der Waals surface area contributed by atoms with Gasteiger partial charge in [-0.05, 0) is 46.0 Å². The van der Waals surface area contributed by atoms with Crippen molar-refractivity contribution in [3.63, 3.8) is 0 Å². The van der Waals surface area contributed by atoms with Gasteiger partial charge in [0.15, 0.2) is 5.82 Å². The molecule has 40 heavy (non-hydrogen) atoms. The van der Waals surface area contributed by atoms with Crippen LogP contribution in [0.25, 0.3) is 16.8 Å². The molecule has 0 bridgehead atoms. The summed E-state index contributed by atoms with van der Waals surface area (Å²) in [5.74, 6) is 0.661. The molecule has 13 heteroatoms. The van der Waals surface area contributed by atoms with E-state index in [1.807, 2.05) is 31.1 Å². The molecule has 11 nitrogen and oxygen atoms in total. The van der Waals surface area contributed by atoms with Crippen molar-refractivity contribution in [3.05, 3.63) is 55.9 Å². The summed E-state index contributed by atoms with van der Waals surface area (Å²) in [6.45, 7) is 4.35. The molecule has 0 unspecified atom stereocenters. The van der Waals surface area contributed by atoms with E-state index < -0.39 is 0 Å². The van der Waals surface area contributed by atoms with Gasteiger partial charge in [-0.1, -0.05) is 11.6 Å². The Bertz CT molecular complexity index is 1590. The van der Waals surface area contributed by atoms with Crippen LogP contribution in [0.3, 0.4) is 0 Å². The first-order chi connectivity index (χ1) is 19.1. The van der Waals surface area contributed by atoms with Gasteiger partial charge in [0.05, 0.1) is 15.7 Å². The lowest BCUT2D eigenvalue weighted by atomic mass is 10.0. The second-order valence-electron chi connectivity index (χ2n) is 10.3. The fourth-order valence-corrected chi connectivity index (χ4v) is 6.09. The Kier molecular flexibility index (Phi) is 8.02. The molecule has 0 aliphatic carbocycles. The van der Waals surface area contributed by atoms with E-state index in [-0.39, 0.29) is 17.5 Å². The zero-order valence-corrected chi connectivity index (χ0v) is 24.6. The minimum atomic E-state index is -0.199. The summed E-state index contributed by atoms with van der Waals surface area (Å²) < 4.78 is 9.70. The summed E-state index contributed by atoms with van der Waals surface area (Å²) in [5, 5.41) is 7.67. The number of piperidine rings is 1. The Morgan fingerprint density at radius 1 is 1.32 bits per heavy atom. The molecule has 1 saturated heterocycles. The smallest absolute Gasteiger partial charge is 0.265 e. The number of aryl methyl sites for hydroxylation is 2. The molecule has 1 fully saturated rings. The number of aromatic nitrogens is 4. The third-order valence-electron chi connectivity index (χ3n) is 6.99. The third-order valence-corrected chi connectivity index (χ3v) is 8.23. The van der Waals surface area contributed by atoms with Crippen LogP contribution in [-0.4, -0.2) is 76.4 Å². The summed E-state index contributed by atoms with van der Waals surface area (Å²) in [6.07, 6.45) is 4.93. The molecule has 3 N–H and O–H groups in total. The van der Waals surface area contributed by atoms with Crippen molar-refractivity contribution >= 4 is 45.9 Å². The highest BCUT2D eigenvalue weighted by molar-refractivity contribution is 7.18. The average Bonchev–Trinajstić information content (AvgIpc) is 3.48. The lowest BCUT2D eigenvalue weighted by molar-refractivity contribution is 0.0933. The number of carbonyl (C=O) groups excluding carboxylic acids is 1. The average molecular weight is 585 g/mol.